The molecule has 2 aliphatic rings. The van der Waals surface area contributed by atoms with Crippen molar-refractivity contribution < 1.29 is 51.6 Å². The normalized spacial score (nSPS) is 13.1. The van der Waals surface area contributed by atoms with Gasteiger partial charge in [-0.3, -0.25) is 0 Å². The Labute approximate surface area is 862 Å². The van der Waals surface area contributed by atoms with Crippen molar-refractivity contribution in [2.45, 2.75) is 175 Å². The van der Waals surface area contributed by atoms with Gasteiger partial charge in [-0.25, -0.2) is 9.97 Å². The Hall–Kier alpha value is -13.6. The van der Waals surface area contributed by atoms with Crippen molar-refractivity contribution in [1.82, 2.24) is 19.1 Å². The molecule has 0 saturated carbocycles. The predicted octanol–water partition coefficient (Wildman–Crippen LogP) is 33.5. The van der Waals surface area contributed by atoms with Gasteiger partial charge in [0.15, 0.2) is 0 Å². The molecule has 6 heterocycles. The van der Waals surface area contributed by atoms with Gasteiger partial charge in [0.2, 0.25) is 0 Å². The summed E-state index contributed by atoms with van der Waals surface area (Å²) in [5.74, 6) is 4.09. The first-order chi connectivity index (χ1) is 66.5. The predicted molar refractivity (Wildman–Crippen MR) is 577 cm³/mol. The molecule has 0 fully saturated rings. The Morgan fingerprint density at radius 1 is 0.227 bits per heavy atom. The second-order valence-electron chi connectivity index (χ2n) is 43.1. The van der Waals surface area contributed by atoms with Crippen LogP contribution in [0.15, 0.2) is 370 Å². The molecule has 0 amide bonds. The maximum absolute atomic E-state index is 7.01. The number of fused-ring (bicyclic) bond motifs is 8. The van der Waals surface area contributed by atoms with Crippen LogP contribution in [0.3, 0.4) is 0 Å². The van der Waals surface area contributed by atoms with Gasteiger partial charge in [-0.05, 0) is 184 Å². The number of para-hydroxylation sites is 6. The van der Waals surface area contributed by atoms with Crippen LogP contribution in [-0.4, -0.2) is 19.1 Å². The van der Waals surface area contributed by atoms with Crippen molar-refractivity contribution in [2.75, 3.05) is 19.6 Å². The third kappa shape index (κ3) is 18.8. The van der Waals surface area contributed by atoms with Gasteiger partial charge in [-0.1, -0.05) is 367 Å². The van der Waals surface area contributed by atoms with Gasteiger partial charge in [-0.15, -0.1) is 107 Å². The van der Waals surface area contributed by atoms with Crippen LogP contribution in [0, 0.1) is 37.6 Å². The smallest absolute Gasteiger partial charge is 0.135 e. The van der Waals surface area contributed by atoms with E-state index in [0.717, 1.165) is 112 Å². The third-order valence-electron chi connectivity index (χ3n) is 29.0. The standard InChI is InChI=1S/C67H61N4O.C62H59N4O.2Pt/c1-64(2,3)49-35-36-68-63(42-49)71-59-30-20-19-29-57(59)58-34-33-55(44-62(58)71)72-56-41-52(67(8,9)48-27-17-12-18-28-48)40-54(43-56)70-45-69(60-31-21-22-32-61(60)70)53-38-50(65(4,5)46-23-13-10-14-24-46)37-51(39-53)66(6,7)47-25-15-11-16-26-47;1-59(2,3)44-31-32-63-58(38-44)66-54-26-18-17-25-52(54)53-30-29-50(40-57(53)66)67-51-37-47(62(9,10)43-23-15-12-16-24-43)36-49(39-51)65-41-64(55-27-19-20-28-56(55)65)48-34-45(60(4,5)6)33-46(35-48)61(7,8)42-21-13-11-14-22-42;;/h10-42,45H,1-9H3;11-38,41H,1-10H3;;/q2*-3;;. The third-order valence-corrected chi connectivity index (χ3v) is 29.0. The summed E-state index contributed by atoms with van der Waals surface area (Å²) in [4.78, 5) is 19.0. The number of anilines is 8. The van der Waals surface area contributed by atoms with E-state index in [1.807, 2.05) is 24.5 Å². The first-order valence-electron chi connectivity index (χ1n) is 48.5. The van der Waals surface area contributed by atoms with Crippen molar-refractivity contribution in [1.29, 1.82) is 0 Å². The maximum atomic E-state index is 7.01. The van der Waals surface area contributed by atoms with E-state index in [1.165, 1.54) is 61.2 Å². The molecule has 4 aromatic heterocycles. The fourth-order valence-electron chi connectivity index (χ4n) is 19.9. The number of hydrogen-bond donors (Lipinski definition) is 0. The Balaban J connectivity index is 0.000000184. The molecule has 0 radical (unpaired) electrons. The molecule has 0 spiro atoms. The van der Waals surface area contributed by atoms with Gasteiger partial charge >= 0.3 is 0 Å². The number of aromatic nitrogens is 4. The molecule has 0 atom stereocenters. The van der Waals surface area contributed by atoms with Crippen molar-refractivity contribution in [3.05, 3.63) is 480 Å². The molecule has 0 saturated heterocycles. The summed E-state index contributed by atoms with van der Waals surface area (Å²) in [6.45, 7) is 47.9. The molecular formula is C129H120N8O2Pt2-6. The molecule has 15 aromatic carbocycles. The van der Waals surface area contributed by atoms with Gasteiger partial charge in [0.25, 0.3) is 0 Å². The van der Waals surface area contributed by atoms with Crippen LogP contribution in [0.25, 0.3) is 55.2 Å². The summed E-state index contributed by atoms with van der Waals surface area (Å²) in [7, 11) is 0. The van der Waals surface area contributed by atoms with Crippen LogP contribution in [0.4, 0.5) is 45.5 Å². The van der Waals surface area contributed by atoms with Crippen molar-refractivity contribution in [3.63, 3.8) is 0 Å². The number of rotatable bonds is 20. The second-order valence-corrected chi connectivity index (χ2v) is 43.1. The van der Waals surface area contributed by atoms with E-state index in [-0.39, 0.29) is 85.5 Å². The monoisotopic (exact) mass is 2200 g/mol. The molecule has 19 aromatic rings. The van der Waals surface area contributed by atoms with E-state index in [0.29, 0.717) is 23.0 Å². The Kier molecular flexibility index (Phi) is 26.4. The van der Waals surface area contributed by atoms with Gasteiger partial charge in [0.1, 0.15) is 11.6 Å². The average molecular weight is 2200 g/mol. The van der Waals surface area contributed by atoms with Crippen LogP contribution in [-0.2, 0) is 85.5 Å². The molecule has 0 N–H and O–H groups in total. The molecule has 714 valence electrons. The zero-order chi connectivity index (χ0) is 96.9. The zero-order valence-corrected chi connectivity index (χ0v) is 88.4. The largest absolute Gasteiger partial charge is 0.509 e. The summed E-state index contributed by atoms with van der Waals surface area (Å²) in [6, 6.07) is 143. The Bertz CT molecular complexity index is 7740. The minimum absolute atomic E-state index is 0. The summed E-state index contributed by atoms with van der Waals surface area (Å²) in [5.41, 5.74) is 26.4. The van der Waals surface area contributed by atoms with E-state index in [9.17, 15) is 0 Å². The van der Waals surface area contributed by atoms with Crippen LogP contribution >= 0.6 is 0 Å². The van der Waals surface area contributed by atoms with Gasteiger partial charge in [-0.2, -0.15) is 12.1 Å². The Morgan fingerprint density at radius 3 is 0.823 bits per heavy atom. The second kappa shape index (κ2) is 38.1. The van der Waals surface area contributed by atoms with Crippen molar-refractivity contribution in [3.8, 4) is 34.6 Å². The molecule has 141 heavy (non-hydrogen) atoms. The fraction of sp³-hybridized carbons (Fsp3) is 0.209. The SMILES string of the molecule is CC(C)(C)c1cc(N2[CH-]N(c3[c-]c(Oc4[c-]c5c(cc4)c4ccccc4n5-c4cc(C(C)(C)C)ccn4)cc(C(C)(C)c4ccccc4)c3)c3ccccc32)cc(C(C)(C)c2ccccc2)c1.CC(C)(C)c1ccnc(-n2c3[c-]c(Oc4[c-]c(N5[CH-]N(c6cc(C(C)(C)c7ccccc7)cc(C(C)(C)c7ccccc7)c6)c6ccccc65)cc(C(C)(C)c5ccccc5)c4)ccc3c3ccccc32)c1.[Pt].[Pt]. The summed E-state index contributed by atoms with van der Waals surface area (Å²) < 4.78 is 18.4. The number of pyridine rings is 2. The Morgan fingerprint density at radius 2 is 0.504 bits per heavy atom. The molecule has 2 aliphatic heterocycles. The van der Waals surface area contributed by atoms with Crippen LogP contribution < -0.4 is 29.1 Å². The fourth-order valence-corrected chi connectivity index (χ4v) is 19.9. The first-order valence-corrected chi connectivity index (χ1v) is 48.5. The minimum atomic E-state index is -0.388. The zero-order valence-electron chi connectivity index (χ0n) is 83.9. The molecular weight excluding hydrogens is 2080 g/mol. The van der Waals surface area contributed by atoms with Gasteiger partial charge in [0.05, 0.1) is 0 Å². The summed E-state index contributed by atoms with van der Waals surface area (Å²) in [6.07, 6.45) is 3.82. The number of nitrogens with zero attached hydrogens (tertiary/aromatic N) is 8. The van der Waals surface area contributed by atoms with E-state index < -0.39 is 0 Å². The molecule has 21 rings (SSSR count). The first kappa shape index (κ1) is 97.6. The molecule has 12 heteroatoms. The topological polar surface area (TPSA) is 67.1 Å². The van der Waals surface area contributed by atoms with E-state index in [1.54, 1.807) is 0 Å². The maximum Gasteiger partial charge on any atom is 0.135 e. The summed E-state index contributed by atoms with van der Waals surface area (Å²) >= 11 is 0. The van der Waals surface area contributed by atoms with E-state index in [4.69, 9.17) is 19.4 Å². The minimum Gasteiger partial charge on any atom is -0.509 e. The quantitative estimate of drug-likeness (QED) is 0.0700. The number of benzene rings is 15. The van der Waals surface area contributed by atoms with E-state index >= 15 is 0 Å². The molecule has 0 bridgehead atoms. The van der Waals surface area contributed by atoms with Crippen molar-refractivity contribution >= 4 is 89.1 Å². The van der Waals surface area contributed by atoms with Gasteiger partial charge in [0, 0.05) is 139 Å². The van der Waals surface area contributed by atoms with E-state index in [2.05, 4.69) is 544 Å². The number of ether oxygens (including phenoxy) is 2. The van der Waals surface area contributed by atoms with Crippen LogP contribution in [0.1, 0.15) is 204 Å². The van der Waals surface area contributed by atoms with Crippen LogP contribution in [0.5, 0.6) is 23.0 Å². The molecule has 0 unspecified atom stereocenters. The molecule has 0 aliphatic carbocycles. The summed E-state index contributed by atoms with van der Waals surface area (Å²) in [5, 5.41) is 4.44. The van der Waals surface area contributed by atoms with Crippen LogP contribution in [0.2, 0.25) is 0 Å². The van der Waals surface area contributed by atoms with Crippen molar-refractivity contribution in [2.24, 2.45) is 0 Å². The average Bonchev–Trinajstić information content (AvgIpc) is 1.61. The molecule has 10 nitrogen and oxygen atoms in total. The number of hydrogen-bond acceptors (Lipinski definition) is 8. The van der Waals surface area contributed by atoms with Gasteiger partial charge < -0.3 is 38.2 Å².